The molecule has 166 valence electrons. The van der Waals surface area contributed by atoms with Gasteiger partial charge in [-0.3, -0.25) is 4.79 Å². The van der Waals surface area contributed by atoms with Crippen LogP contribution in [0, 0.1) is 0 Å². The largest absolute Gasteiger partial charge is 0.482 e. The smallest absolute Gasteiger partial charge is 0.344 e. The number of sulfonamides is 1. The highest BCUT2D eigenvalue weighted by molar-refractivity contribution is 7.89. The topological polar surface area (TPSA) is 93.2 Å². The molecule has 31 heavy (non-hydrogen) atoms. The number of piperazine rings is 1. The summed E-state index contributed by atoms with van der Waals surface area (Å²) in [6, 6.07) is 15.6. The highest BCUT2D eigenvalue weighted by atomic mass is 32.2. The van der Waals surface area contributed by atoms with Crippen LogP contribution in [0.2, 0.25) is 0 Å². The molecule has 0 unspecified atom stereocenters. The van der Waals surface area contributed by atoms with Crippen molar-refractivity contribution in [2.24, 2.45) is 0 Å². The van der Waals surface area contributed by atoms with E-state index in [1.807, 2.05) is 25.1 Å². The monoisotopic (exact) mass is 446 g/mol. The van der Waals surface area contributed by atoms with Crippen molar-refractivity contribution < 1.29 is 27.5 Å². The maximum atomic E-state index is 12.7. The predicted molar refractivity (Wildman–Crippen MR) is 114 cm³/mol. The Morgan fingerprint density at radius 3 is 2.23 bits per heavy atom. The number of hydrogen-bond acceptors (Lipinski definition) is 6. The van der Waals surface area contributed by atoms with Gasteiger partial charge in [-0.15, -0.1) is 0 Å². The quantitative estimate of drug-likeness (QED) is 0.573. The Morgan fingerprint density at radius 1 is 0.903 bits per heavy atom. The van der Waals surface area contributed by atoms with Crippen LogP contribution in [0.1, 0.15) is 12.5 Å². The molecule has 0 saturated carbocycles. The Hall–Kier alpha value is -2.91. The fourth-order valence-electron chi connectivity index (χ4n) is 3.27. The average molecular weight is 447 g/mol. The minimum Gasteiger partial charge on any atom is -0.482 e. The van der Waals surface area contributed by atoms with E-state index in [0.29, 0.717) is 5.75 Å². The van der Waals surface area contributed by atoms with E-state index in [-0.39, 0.29) is 43.6 Å². The highest BCUT2D eigenvalue weighted by Crippen LogP contribution is 2.19. The van der Waals surface area contributed by atoms with E-state index in [0.717, 1.165) is 12.0 Å². The van der Waals surface area contributed by atoms with Crippen molar-refractivity contribution in [3.8, 4) is 5.75 Å². The molecule has 1 aliphatic rings. The molecule has 0 aromatic heterocycles. The van der Waals surface area contributed by atoms with Crippen molar-refractivity contribution in [3.05, 3.63) is 60.2 Å². The lowest BCUT2D eigenvalue weighted by atomic mass is 10.1. The average Bonchev–Trinajstić information content (AvgIpc) is 2.82. The molecule has 1 fully saturated rings. The Kier molecular flexibility index (Phi) is 7.64. The van der Waals surface area contributed by atoms with E-state index in [2.05, 4.69) is 0 Å². The number of ether oxygens (including phenoxy) is 2. The molecular weight excluding hydrogens is 420 g/mol. The van der Waals surface area contributed by atoms with Gasteiger partial charge >= 0.3 is 5.97 Å². The van der Waals surface area contributed by atoms with E-state index in [4.69, 9.17) is 9.47 Å². The van der Waals surface area contributed by atoms with Crippen LogP contribution in [0.3, 0.4) is 0 Å². The van der Waals surface area contributed by atoms with Gasteiger partial charge in [0.2, 0.25) is 10.0 Å². The van der Waals surface area contributed by atoms with Gasteiger partial charge in [-0.25, -0.2) is 13.2 Å². The summed E-state index contributed by atoms with van der Waals surface area (Å²) in [6.07, 6.45) is 0.773. The standard InChI is InChI=1S/C22H26N2O6S/c1-2-18-8-6-7-11-20(18)29-17-22(26)30-16-21(25)23-12-14-24(15-13-23)31(27,28)19-9-4-3-5-10-19/h3-11H,2,12-17H2,1H3. The number of esters is 1. The second kappa shape index (κ2) is 10.4. The van der Waals surface area contributed by atoms with Crippen LogP contribution in [0.5, 0.6) is 5.75 Å². The molecule has 2 aromatic carbocycles. The number of carbonyl (C=O) groups excluding carboxylic acids is 2. The Balaban J connectivity index is 1.43. The molecule has 8 nitrogen and oxygen atoms in total. The van der Waals surface area contributed by atoms with Crippen LogP contribution < -0.4 is 4.74 Å². The molecule has 1 amide bonds. The van der Waals surface area contributed by atoms with Gasteiger partial charge in [0.05, 0.1) is 4.90 Å². The van der Waals surface area contributed by atoms with Gasteiger partial charge in [0.15, 0.2) is 13.2 Å². The minimum atomic E-state index is -3.58. The molecule has 1 saturated heterocycles. The molecule has 1 heterocycles. The van der Waals surface area contributed by atoms with Crippen molar-refractivity contribution in [2.45, 2.75) is 18.2 Å². The Labute approximate surface area is 182 Å². The highest BCUT2D eigenvalue weighted by Gasteiger charge is 2.30. The van der Waals surface area contributed by atoms with Gasteiger partial charge in [-0.05, 0) is 30.2 Å². The fourth-order valence-corrected chi connectivity index (χ4v) is 4.71. The summed E-state index contributed by atoms with van der Waals surface area (Å²) in [7, 11) is -3.58. The first kappa shape index (κ1) is 22.8. The zero-order valence-electron chi connectivity index (χ0n) is 17.4. The van der Waals surface area contributed by atoms with Gasteiger partial charge in [0.25, 0.3) is 5.91 Å². The third kappa shape index (κ3) is 5.83. The first-order chi connectivity index (χ1) is 14.9. The normalized spacial score (nSPS) is 14.8. The number of amides is 1. The van der Waals surface area contributed by atoms with Crippen LogP contribution in [0.25, 0.3) is 0 Å². The summed E-state index contributed by atoms with van der Waals surface area (Å²) in [5, 5.41) is 0. The van der Waals surface area contributed by atoms with Gasteiger partial charge in [0.1, 0.15) is 5.75 Å². The van der Waals surface area contributed by atoms with Crippen LogP contribution in [0.15, 0.2) is 59.5 Å². The van der Waals surface area contributed by atoms with E-state index in [9.17, 15) is 18.0 Å². The van der Waals surface area contributed by atoms with E-state index < -0.39 is 22.6 Å². The molecule has 3 rings (SSSR count). The second-order valence-electron chi connectivity index (χ2n) is 7.01. The number of para-hydroxylation sites is 1. The number of nitrogens with zero attached hydrogens (tertiary/aromatic N) is 2. The van der Waals surface area contributed by atoms with Crippen LogP contribution >= 0.6 is 0 Å². The maximum absolute atomic E-state index is 12.7. The fraction of sp³-hybridized carbons (Fsp3) is 0.364. The SMILES string of the molecule is CCc1ccccc1OCC(=O)OCC(=O)N1CCN(S(=O)(=O)c2ccccc2)CC1. The first-order valence-corrected chi connectivity index (χ1v) is 11.5. The number of carbonyl (C=O) groups is 2. The van der Waals surface area contributed by atoms with Gasteiger partial charge < -0.3 is 14.4 Å². The molecule has 2 aromatic rings. The minimum absolute atomic E-state index is 0.188. The Morgan fingerprint density at radius 2 is 1.55 bits per heavy atom. The van der Waals surface area contributed by atoms with Gasteiger partial charge in [-0.1, -0.05) is 43.3 Å². The van der Waals surface area contributed by atoms with Crippen molar-refractivity contribution in [2.75, 3.05) is 39.4 Å². The Bertz CT molecular complexity index is 1000. The summed E-state index contributed by atoms with van der Waals surface area (Å²) < 4.78 is 37.2. The lowest BCUT2D eigenvalue weighted by molar-refractivity contribution is -0.154. The number of aryl methyl sites for hydroxylation is 1. The molecule has 0 spiro atoms. The van der Waals surface area contributed by atoms with E-state index >= 15 is 0 Å². The molecule has 0 N–H and O–H groups in total. The third-order valence-corrected chi connectivity index (χ3v) is 6.94. The molecule has 0 radical (unpaired) electrons. The third-order valence-electron chi connectivity index (χ3n) is 5.03. The maximum Gasteiger partial charge on any atom is 0.344 e. The van der Waals surface area contributed by atoms with Crippen molar-refractivity contribution in [1.82, 2.24) is 9.21 Å². The summed E-state index contributed by atoms with van der Waals surface area (Å²) in [4.78, 5) is 26.0. The number of hydrogen-bond donors (Lipinski definition) is 0. The molecule has 1 aliphatic heterocycles. The molecule has 0 bridgehead atoms. The number of benzene rings is 2. The van der Waals surface area contributed by atoms with Crippen molar-refractivity contribution in [3.63, 3.8) is 0 Å². The van der Waals surface area contributed by atoms with Crippen molar-refractivity contribution in [1.29, 1.82) is 0 Å². The molecular formula is C22H26N2O6S. The van der Waals surface area contributed by atoms with Gasteiger partial charge in [-0.2, -0.15) is 4.31 Å². The zero-order chi connectivity index (χ0) is 22.3. The van der Waals surface area contributed by atoms with Crippen molar-refractivity contribution >= 4 is 21.9 Å². The van der Waals surface area contributed by atoms with Crippen LogP contribution in [-0.2, 0) is 30.8 Å². The van der Waals surface area contributed by atoms with Crippen LogP contribution in [-0.4, -0.2) is 68.9 Å². The number of rotatable bonds is 8. The van der Waals surface area contributed by atoms with Gasteiger partial charge in [0, 0.05) is 26.2 Å². The molecule has 9 heteroatoms. The zero-order valence-corrected chi connectivity index (χ0v) is 18.2. The lowest BCUT2D eigenvalue weighted by Crippen LogP contribution is -2.51. The lowest BCUT2D eigenvalue weighted by Gasteiger charge is -2.33. The summed E-state index contributed by atoms with van der Waals surface area (Å²) >= 11 is 0. The van der Waals surface area contributed by atoms with E-state index in [1.54, 1.807) is 36.4 Å². The van der Waals surface area contributed by atoms with E-state index in [1.165, 1.54) is 9.21 Å². The second-order valence-corrected chi connectivity index (χ2v) is 8.95. The molecule has 0 atom stereocenters. The predicted octanol–water partition coefficient (Wildman–Crippen LogP) is 1.70. The molecule has 0 aliphatic carbocycles. The summed E-state index contributed by atoms with van der Waals surface area (Å²) in [5.74, 6) is -0.382. The first-order valence-electron chi connectivity index (χ1n) is 10.1. The summed E-state index contributed by atoms with van der Waals surface area (Å²) in [6.45, 7) is 2.16. The summed E-state index contributed by atoms with van der Waals surface area (Å²) in [5.41, 5.74) is 0.981. The van der Waals surface area contributed by atoms with Crippen LogP contribution in [0.4, 0.5) is 0 Å².